The van der Waals surface area contributed by atoms with Gasteiger partial charge in [0, 0.05) is 18.4 Å². The summed E-state index contributed by atoms with van der Waals surface area (Å²) in [6.45, 7) is 4.27. The summed E-state index contributed by atoms with van der Waals surface area (Å²) in [6, 6.07) is 5.68. The van der Waals surface area contributed by atoms with Crippen molar-refractivity contribution in [2.75, 3.05) is 5.32 Å². The van der Waals surface area contributed by atoms with Crippen molar-refractivity contribution in [3.05, 3.63) is 36.4 Å². The van der Waals surface area contributed by atoms with E-state index in [0.29, 0.717) is 6.04 Å². The van der Waals surface area contributed by atoms with Crippen LogP contribution in [0.3, 0.4) is 0 Å². The number of pyridine rings is 1. The molecule has 2 aromatic heterocycles. The molecule has 80 valence electrons. The summed E-state index contributed by atoms with van der Waals surface area (Å²) in [6.07, 6.45) is 4.42. The first-order valence-electron chi connectivity index (χ1n) is 5.23. The Labute approximate surface area is 88.7 Å². The molecule has 0 aliphatic heterocycles. The number of aromatic nitrogens is 1. The van der Waals surface area contributed by atoms with Gasteiger partial charge >= 0.3 is 0 Å². The molecule has 2 aromatic rings. The van der Waals surface area contributed by atoms with Crippen molar-refractivity contribution in [3.8, 4) is 0 Å². The Morgan fingerprint density at radius 2 is 2.20 bits per heavy atom. The zero-order valence-electron chi connectivity index (χ0n) is 9.00. The van der Waals surface area contributed by atoms with E-state index < -0.39 is 0 Å². The highest BCUT2D eigenvalue weighted by molar-refractivity contribution is 5.73. The summed E-state index contributed by atoms with van der Waals surface area (Å²) in [5, 5.41) is 3.39. The lowest BCUT2D eigenvalue weighted by molar-refractivity contribution is 0.619. The van der Waals surface area contributed by atoms with Gasteiger partial charge in [-0.15, -0.1) is 0 Å². The van der Waals surface area contributed by atoms with E-state index in [1.807, 2.05) is 12.3 Å². The Bertz CT molecular complexity index is 462. The molecule has 0 amide bonds. The van der Waals surface area contributed by atoms with Crippen molar-refractivity contribution in [2.24, 2.45) is 0 Å². The quantitative estimate of drug-likeness (QED) is 0.815. The summed E-state index contributed by atoms with van der Waals surface area (Å²) in [7, 11) is 0. The molecule has 2 nitrogen and oxygen atoms in total. The molecule has 15 heavy (non-hydrogen) atoms. The number of rotatable bonds is 3. The van der Waals surface area contributed by atoms with E-state index in [4.69, 9.17) is 0 Å². The third kappa shape index (κ3) is 1.96. The minimum absolute atomic E-state index is 0.215. The van der Waals surface area contributed by atoms with E-state index in [1.54, 1.807) is 10.5 Å². The summed E-state index contributed by atoms with van der Waals surface area (Å²) >= 11 is 0. The molecule has 1 N–H and O–H groups in total. The third-order valence-electron chi connectivity index (χ3n) is 2.63. The minimum Gasteiger partial charge on any atom is -0.381 e. The number of hydrogen-bond acceptors (Lipinski definition) is 1. The van der Waals surface area contributed by atoms with Crippen LogP contribution in [0, 0.1) is 5.82 Å². The van der Waals surface area contributed by atoms with Crippen LogP contribution in [0.4, 0.5) is 10.1 Å². The Balaban J connectivity index is 2.36. The predicted molar refractivity (Wildman–Crippen MR) is 60.7 cm³/mol. The van der Waals surface area contributed by atoms with Crippen molar-refractivity contribution in [3.63, 3.8) is 0 Å². The van der Waals surface area contributed by atoms with Gasteiger partial charge < -0.3 is 9.72 Å². The summed E-state index contributed by atoms with van der Waals surface area (Å²) in [5.74, 6) is -0.215. The Morgan fingerprint density at radius 3 is 2.93 bits per heavy atom. The first-order valence-corrected chi connectivity index (χ1v) is 5.23. The molecule has 0 spiro atoms. The number of nitrogens with one attached hydrogen (secondary N) is 1. The maximum atomic E-state index is 12.9. The predicted octanol–water partition coefficient (Wildman–Crippen LogP) is 3.29. The zero-order chi connectivity index (χ0) is 10.8. The highest BCUT2D eigenvalue weighted by Crippen LogP contribution is 2.20. The molecular formula is C12H15FN2. The molecule has 0 bridgehead atoms. The maximum Gasteiger partial charge on any atom is 0.139 e. The van der Waals surface area contributed by atoms with Crippen LogP contribution in [0.1, 0.15) is 20.3 Å². The molecule has 0 saturated carbocycles. The van der Waals surface area contributed by atoms with Crippen LogP contribution in [-0.4, -0.2) is 10.4 Å². The second-order valence-corrected chi connectivity index (χ2v) is 3.82. The van der Waals surface area contributed by atoms with E-state index in [1.165, 1.54) is 12.3 Å². The van der Waals surface area contributed by atoms with Gasteiger partial charge in [-0.1, -0.05) is 6.92 Å². The van der Waals surface area contributed by atoms with Gasteiger partial charge in [-0.05, 0) is 31.5 Å². The molecular weight excluding hydrogens is 191 g/mol. The van der Waals surface area contributed by atoms with Crippen molar-refractivity contribution in [1.29, 1.82) is 0 Å². The zero-order valence-corrected chi connectivity index (χ0v) is 9.00. The summed E-state index contributed by atoms with van der Waals surface area (Å²) in [4.78, 5) is 0. The maximum absolute atomic E-state index is 12.9. The van der Waals surface area contributed by atoms with Gasteiger partial charge in [0.05, 0.1) is 11.2 Å². The van der Waals surface area contributed by atoms with E-state index in [2.05, 4.69) is 19.2 Å². The van der Waals surface area contributed by atoms with E-state index in [9.17, 15) is 4.39 Å². The number of hydrogen-bond donors (Lipinski definition) is 1. The highest BCUT2D eigenvalue weighted by atomic mass is 19.1. The molecule has 0 aliphatic carbocycles. The first-order chi connectivity index (χ1) is 7.20. The van der Waals surface area contributed by atoms with Crippen molar-refractivity contribution >= 4 is 11.2 Å². The molecule has 0 aliphatic rings. The van der Waals surface area contributed by atoms with Crippen LogP contribution < -0.4 is 5.32 Å². The van der Waals surface area contributed by atoms with E-state index in [-0.39, 0.29) is 5.82 Å². The molecule has 3 heteroatoms. The fraction of sp³-hybridized carbons (Fsp3) is 0.333. The fourth-order valence-corrected chi connectivity index (χ4v) is 1.57. The second-order valence-electron chi connectivity index (χ2n) is 3.82. The molecule has 0 saturated heterocycles. The molecule has 2 heterocycles. The van der Waals surface area contributed by atoms with Gasteiger partial charge in [0.25, 0.3) is 0 Å². The average Bonchev–Trinajstić information content (AvgIpc) is 2.60. The van der Waals surface area contributed by atoms with Crippen molar-refractivity contribution in [1.82, 2.24) is 4.40 Å². The van der Waals surface area contributed by atoms with Crippen LogP contribution in [0.5, 0.6) is 0 Å². The van der Waals surface area contributed by atoms with Gasteiger partial charge in [0.1, 0.15) is 5.82 Å². The number of anilines is 1. The molecule has 1 atom stereocenters. The Hall–Kier alpha value is -1.51. The minimum atomic E-state index is -0.215. The van der Waals surface area contributed by atoms with Crippen LogP contribution >= 0.6 is 0 Å². The largest absolute Gasteiger partial charge is 0.381 e. The number of nitrogens with zero attached hydrogens (tertiary/aromatic N) is 1. The average molecular weight is 206 g/mol. The van der Waals surface area contributed by atoms with E-state index in [0.717, 1.165) is 17.6 Å². The van der Waals surface area contributed by atoms with Crippen LogP contribution in [0.15, 0.2) is 30.6 Å². The van der Waals surface area contributed by atoms with Crippen molar-refractivity contribution < 1.29 is 4.39 Å². The van der Waals surface area contributed by atoms with Gasteiger partial charge in [-0.3, -0.25) is 0 Å². The second kappa shape index (κ2) is 3.93. The van der Waals surface area contributed by atoms with Crippen LogP contribution in [0.2, 0.25) is 0 Å². The summed E-state index contributed by atoms with van der Waals surface area (Å²) in [5.41, 5.74) is 2.07. The lowest BCUT2D eigenvalue weighted by Gasteiger charge is -2.11. The van der Waals surface area contributed by atoms with Crippen LogP contribution in [-0.2, 0) is 0 Å². The molecule has 1 unspecified atom stereocenters. The van der Waals surface area contributed by atoms with Gasteiger partial charge in [-0.2, -0.15) is 0 Å². The normalized spacial score (nSPS) is 13.0. The SMILES string of the molecule is CCC(C)Nc1ccn2cc(F)ccc12. The van der Waals surface area contributed by atoms with E-state index >= 15 is 0 Å². The Morgan fingerprint density at radius 1 is 1.40 bits per heavy atom. The van der Waals surface area contributed by atoms with Gasteiger partial charge in [0.15, 0.2) is 0 Å². The molecule has 2 rings (SSSR count). The lowest BCUT2D eigenvalue weighted by atomic mass is 10.2. The first kappa shape index (κ1) is 10.0. The Kier molecular flexibility index (Phi) is 2.62. The van der Waals surface area contributed by atoms with Crippen molar-refractivity contribution in [2.45, 2.75) is 26.3 Å². The molecule has 0 fully saturated rings. The fourth-order valence-electron chi connectivity index (χ4n) is 1.57. The summed E-state index contributed by atoms with van der Waals surface area (Å²) < 4.78 is 14.7. The lowest BCUT2D eigenvalue weighted by Crippen LogP contribution is -2.12. The third-order valence-corrected chi connectivity index (χ3v) is 2.63. The molecule has 0 radical (unpaired) electrons. The topological polar surface area (TPSA) is 16.4 Å². The van der Waals surface area contributed by atoms with Gasteiger partial charge in [-0.25, -0.2) is 4.39 Å². The van der Waals surface area contributed by atoms with Gasteiger partial charge in [0.2, 0.25) is 0 Å². The highest BCUT2D eigenvalue weighted by Gasteiger charge is 2.05. The smallest absolute Gasteiger partial charge is 0.139 e. The number of fused-ring (bicyclic) bond motifs is 1. The van der Waals surface area contributed by atoms with Crippen LogP contribution in [0.25, 0.3) is 5.52 Å². The molecule has 0 aromatic carbocycles. The standard InChI is InChI=1S/C12H15FN2/c1-3-9(2)14-11-6-7-15-8-10(13)4-5-12(11)15/h4-9,14H,3H2,1-2H3. The number of halogens is 1. The monoisotopic (exact) mass is 206 g/mol.